The summed E-state index contributed by atoms with van der Waals surface area (Å²) in [7, 11) is 0. The van der Waals surface area contributed by atoms with Crippen molar-refractivity contribution < 1.29 is 2.85 Å². The molecule has 0 atom stereocenters. The van der Waals surface area contributed by atoms with Crippen molar-refractivity contribution in [1.29, 1.82) is 0 Å². The van der Waals surface area contributed by atoms with Gasteiger partial charge >= 0.3 is 0 Å². The van der Waals surface area contributed by atoms with Crippen LogP contribution in [0.5, 0.6) is 0 Å². The second-order valence-electron chi connectivity index (χ2n) is 3.63. The van der Waals surface area contributed by atoms with E-state index in [1.807, 2.05) is 0 Å². The van der Waals surface area contributed by atoms with E-state index in [9.17, 15) is 0 Å². The molecule has 6 nitrogen and oxygen atoms in total. The fourth-order valence-electron chi connectivity index (χ4n) is 1.42. The Balaban J connectivity index is 0.00000220. The molecule has 0 fully saturated rings. The zero-order chi connectivity index (χ0) is 14.2. The van der Waals surface area contributed by atoms with E-state index in [-0.39, 0.29) is 2.85 Å². The topological polar surface area (TPSA) is 75.6 Å². The summed E-state index contributed by atoms with van der Waals surface area (Å²) in [6, 6.07) is 3.49. The summed E-state index contributed by atoms with van der Waals surface area (Å²) < 4.78 is 0. The van der Waals surface area contributed by atoms with Gasteiger partial charge in [-0.15, -0.1) is 0 Å². The van der Waals surface area contributed by atoms with E-state index >= 15 is 0 Å². The maximum atomic E-state index is 4.09. The van der Waals surface area contributed by atoms with E-state index in [1.165, 1.54) is 0 Å². The molecule has 0 saturated heterocycles. The summed E-state index contributed by atoms with van der Waals surface area (Å²) in [5, 5.41) is 6.10. The highest BCUT2D eigenvalue weighted by molar-refractivity contribution is 5.50. The molecular weight excluding hydrogens is 252 g/mol. The molecule has 0 aliphatic rings. The normalized spacial score (nSPS) is 11.2. The standard InChI is InChI=1S/C14H14N6.2H2/c1-3-11(19-13-15-7-5-8-16-13)12(4-2)20-14-17-9-6-10-18-14;;/h3-10H,1-2H2,(H,15,16,19)(H,17,18,20);2*1H/b12-11-;;. The molecule has 2 N–H and O–H groups in total. The third kappa shape index (κ3) is 3.49. The van der Waals surface area contributed by atoms with Gasteiger partial charge in [-0.3, -0.25) is 0 Å². The van der Waals surface area contributed by atoms with E-state index in [1.54, 1.807) is 49.1 Å². The molecule has 2 rings (SSSR count). The maximum absolute atomic E-state index is 4.09. The van der Waals surface area contributed by atoms with Crippen LogP contribution in [0.25, 0.3) is 0 Å². The van der Waals surface area contributed by atoms with Gasteiger partial charge in [-0.2, -0.15) is 0 Å². The summed E-state index contributed by atoms with van der Waals surface area (Å²) in [6.07, 6.45) is 9.88. The summed E-state index contributed by atoms with van der Waals surface area (Å²) in [5.41, 5.74) is 1.36. The number of nitrogens with one attached hydrogen (secondary N) is 2. The van der Waals surface area contributed by atoms with Gasteiger partial charge in [-0.1, -0.05) is 13.2 Å². The van der Waals surface area contributed by atoms with Crippen LogP contribution in [-0.2, 0) is 0 Å². The van der Waals surface area contributed by atoms with E-state index in [2.05, 4.69) is 43.7 Å². The van der Waals surface area contributed by atoms with Crippen LogP contribution in [-0.4, -0.2) is 19.9 Å². The van der Waals surface area contributed by atoms with Crippen molar-refractivity contribution in [2.24, 2.45) is 0 Å². The molecule has 0 radical (unpaired) electrons. The van der Waals surface area contributed by atoms with E-state index in [0.29, 0.717) is 23.3 Å². The van der Waals surface area contributed by atoms with Gasteiger partial charge in [0.15, 0.2) is 0 Å². The van der Waals surface area contributed by atoms with Crippen molar-refractivity contribution >= 4 is 11.9 Å². The first-order chi connectivity index (χ1) is 9.83. The molecule has 0 aliphatic carbocycles. The van der Waals surface area contributed by atoms with Crippen molar-refractivity contribution in [3.63, 3.8) is 0 Å². The molecule has 0 amide bonds. The molecule has 20 heavy (non-hydrogen) atoms. The van der Waals surface area contributed by atoms with Crippen LogP contribution in [0.1, 0.15) is 2.85 Å². The Labute approximate surface area is 120 Å². The zero-order valence-electron chi connectivity index (χ0n) is 10.8. The average Bonchev–Trinajstić information content (AvgIpc) is 2.52. The van der Waals surface area contributed by atoms with Gasteiger partial charge in [0.25, 0.3) is 0 Å². The minimum atomic E-state index is 0. The quantitative estimate of drug-likeness (QED) is 0.786. The molecule has 0 aromatic carbocycles. The fourth-order valence-corrected chi connectivity index (χ4v) is 1.42. The molecule has 0 spiro atoms. The second-order valence-corrected chi connectivity index (χ2v) is 3.63. The molecule has 6 heteroatoms. The molecule has 2 heterocycles. The minimum Gasteiger partial charge on any atom is -0.322 e. The molecule has 0 unspecified atom stereocenters. The van der Waals surface area contributed by atoms with Crippen molar-refractivity contribution in [2.75, 3.05) is 10.6 Å². The second kappa shape index (κ2) is 6.79. The van der Waals surface area contributed by atoms with Crippen molar-refractivity contribution in [3.05, 3.63) is 73.6 Å². The zero-order valence-corrected chi connectivity index (χ0v) is 10.8. The van der Waals surface area contributed by atoms with Gasteiger partial charge < -0.3 is 10.6 Å². The molecule has 2 aromatic rings. The van der Waals surface area contributed by atoms with Crippen LogP contribution in [0.15, 0.2) is 73.6 Å². The van der Waals surface area contributed by atoms with E-state index < -0.39 is 0 Å². The highest BCUT2D eigenvalue weighted by atomic mass is 15.1. The third-order valence-corrected chi connectivity index (χ3v) is 2.32. The van der Waals surface area contributed by atoms with E-state index in [4.69, 9.17) is 0 Å². The fraction of sp³-hybridized carbons (Fsp3) is 0. The SMILES string of the molecule is C=C/C(Nc1ncccn1)=C(\C=C)Nc1ncccn1.[HH].[HH]. The Morgan fingerprint density at radius 2 is 1.15 bits per heavy atom. The predicted octanol–water partition coefficient (Wildman–Crippen LogP) is 2.87. The van der Waals surface area contributed by atoms with Gasteiger partial charge in [0, 0.05) is 27.6 Å². The lowest BCUT2D eigenvalue weighted by Gasteiger charge is -2.11. The highest BCUT2D eigenvalue weighted by Crippen LogP contribution is 2.11. The Bertz CT molecular complexity index is 560. The number of allylic oxidation sites excluding steroid dienone is 2. The number of nitrogens with zero attached hydrogens (tertiary/aromatic N) is 4. The van der Waals surface area contributed by atoms with Crippen molar-refractivity contribution in [2.45, 2.75) is 0 Å². The van der Waals surface area contributed by atoms with Gasteiger partial charge in [-0.25, -0.2) is 19.9 Å². The van der Waals surface area contributed by atoms with Crippen LogP contribution in [0.2, 0.25) is 0 Å². The van der Waals surface area contributed by atoms with Crippen LogP contribution >= 0.6 is 0 Å². The molecule has 104 valence electrons. The van der Waals surface area contributed by atoms with Crippen LogP contribution in [0, 0.1) is 0 Å². The van der Waals surface area contributed by atoms with Gasteiger partial charge in [-0.05, 0) is 24.3 Å². The Kier molecular flexibility index (Phi) is 4.55. The summed E-state index contributed by atoms with van der Waals surface area (Å²) in [5.74, 6) is 0.940. The van der Waals surface area contributed by atoms with Gasteiger partial charge in [0.05, 0.1) is 11.4 Å². The van der Waals surface area contributed by atoms with Crippen molar-refractivity contribution in [1.82, 2.24) is 19.9 Å². The summed E-state index contributed by atoms with van der Waals surface area (Å²) in [4.78, 5) is 16.4. The first-order valence-electron chi connectivity index (χ1n) is 5.90. The molecular formula is C14H18N6. The third-order valence-electron chi connectivity index (χ3n) is 2.32. The monoisotopic (exact) mass is 270 g/mol. The van der Waals surface area contributed by atoms with Gasteiger partial charge in [0.1, 0.15) is 0 Å². The van der Waals surface area contributed by atoms with Crippen LogP contribution in [0.3, 0.4) is 0 Å². The highest BCUT2D eigenvalue weighted by Gasteiger charge is 2.04. The number of hydrogen-bond acceptors (Lipinski definition) is 6. The Hall–Kier alpha value is -3.02. The van der Waals surface area contributed by atoms with Crippen LogP contribution in [0.4, 0.5) is 11.9 Å². The Morgan fingerprint density at radius 3 is 1.45 bits per heavy atom. The molecule has 0 bridgehead atoms. The largest absolute Gasteiger partial charge is 0.322 e. The maximum Gasteiger partial charge on any atom is 0.227 e. The number of rotatable bonds is 6. The lowest BCUT2D eigenvalue weighted by atomic mass is 10.3. The molecule has 2 aromatic heterocycles. The lowest BCUT2D eigenvalue weighted by molar-refractivity contribution is 1.13. The molecule has 0 saturated carbocycles. The Morgan fingerprint density at radius 1 is 0.800 bits per heavy atom. The first-order valence-corrected chi connectivity index (χ1v) is 5.90. The van der Waals surface area contributed by atoms with Gasteiger partial charge in [0.2, 0.25) is 11.9 Å². The average molecular weight is 270 g/mol. The molecule has 0 aliphatic heterocycles. The number of hydrogen-bond donors (Lipinski definition) is 2. The summed E-state index contributed by atoms with van der Waals surface area (Å²) in [6.45, 7) is 7.53. The van der Waals surface area contributed by atoms with Crippen molar-refractivity contribution in [3.8, 4) is 0 Å². The number of aromatic nitrogens is 4. The minimum absolute atomic E-state index is 0. The number of anilines is 2. The summed E-state index contributed by atoms with van der Waals surface area (Å²) >= 11 is 0. The smallest absolute Gasteiger partial charge is 0.227 e. The lowest BCUT2D eigenvalue weighted by Crippen LogP contribution is -2.10. The van der Waals surface area contributed by atoms with Crippen LogP contribution < -0.4 is 10.6 Å². The first kappa shape index (κ1) is 13.4. The van der Waals surface area contributed by atoms with E-state index in [0.717, 1.165) is 0 Å². The predicted molar refractivity (Wildman–Crippen MR) is 83.0 cm³/mol.